The molecule has 1 aromatic carbocycles. The molecule has 0 unspecified atom stereocenters. The summed E-state index contributed by atoms with van der Waals surface area (Å²) >= 11 is 9.17. The van der Waals surface area contributed by atoms with E-state index < -0.39 is 10.8 Å². The first kappa shape index (κ1) is 22.7. The van der Waals surface area contributed by atoms with Crippen LogP contribution in [-0.2, 0) is 13.1 Å². The van der Waals surface area contributed by atoms with Crippen molar-refractivity contribution < 1.29 is 14.1 Å². The van der Waals surface area contributed by atoms with Gasteiger partial charge < -0.3 is 19.8 Å². The van der Waals surface area contributed by atoms with Crippen molar-refractivity contribution >= 4 is 44.9 Å². The van der Waals surface area contributed by atoms with Gasteiger partial charge in [0.15, 0.2) is 5.76 Å². The summed E-state index contributed by atoms with van der Waals surface area (Å²) in [5.74, 6) is -0.190. The lowest BCUT2D eigenvalue weighted by Gasteiger charge is -2.07. The van der Waals surface area contributed by atoms with Crippen molar-refractivity contribution in [1.82, 2.24) is 19.6 Å². The van der Waals surface area contributed by atoms with Crippen LogP contribution in [-0.4, -0.2) is 30.4 Å². The molecule has 0 atom stereocenters. The molecule has 0 saturated heterocycles. The lowest BCUT2D eigenvalue weighted by molar-refractivity contribution is -0.390. The quantitative estimate of drug-likeness (QED) is 0.265. The van der Waals surface area contributed by atoms with Crippen molar-refractivity contribution in [2.75, 3.05) is 5.32 Å². The number of rotatable bonds is 7. The largest absolute Gasteiger partial charge is 0.454 e. The summed E-state index contributed by atoms with van der Waals surface area (Å²) in [6.45, 7) is 4.33. The number of furan rings is 1. The molecule has 33 heavy (non-hydrogen) atoms. The van der Waals surface area contributed by atoms with Gasteiger partial charge in [0.05, 0.1) is 34.9 Å². The van der Waals surface area contributed by atoms with E-state index in [0.29, 0.717) is 28.7 Å². The minimum Gasteiger partial charge on any atom is -0.454 e. The van der Waals surface area contributed by atoms with E-state index in [1.54, 1.807) is 16.8 Å². The second-order valence-corrected chi connectivity index (χ2v) is 8.60. The predicted octanol–water partition coefficient (Wildman–Crippen LogP) is 4.96. The van der Waals surface area contributed by atoms with Gasteiger partial charge in [-0.3, -0.25) is 9.48 Å². The molecule has 0 aliphatic carbocycles. The van der Waals surface area contributed by atoms with Crippen LogP contribution in [0.5, 0.6) is 0 Å². The van der Waals surface area contributed by atoms with E-state index in [-0.39, 0.29) is 22.6 Å². The van der Waals surface area contributed by atoms with Crippen molar-refractivity contribution in [1.29, 1.82) is 0 Å². The molecule has 12 heteroatoms. The molecule has 170 valence electrons. The van der Waals surface area contributed by atoms with Crippen LogP contribution >= 0.6 is 27.5 Å². The number of hydrogen-bond donors (Lipinski definition) is 1. The topological polar surface area (TPSA) is 121 Å². The summed E-state index contributed by atoms with van der Waals surface area (Å²) < 4.78 is 9.04. The highest BCUT2D eigenvalue weighted by atomic mass is 79.9. The van der Waals surface area contributed by atoms with Crippen LogP contribution < -0.4 is 5.32 Å². The minimum atomic E-state index is -0.585. The molecule has 0 fully saturated rings. The van der Waals surface area contributed by atoms with Crippen LogP contribution in [0.1, 0.15) is 33.3 Å². The van der Waals surface area contributed by atoms with Crippen molar-refractivity contribution in [3.8, 4) is 0 Å². The number of anilines is 1. The van der Waals surface area contributed by atoms with Gasteiger partial charge in [0.2, 0.25) is 0 Å². The molecule has 0 bridgehead atoms. The molecular formula is C21H18BrClN6O4. The molecule has 0 radical (unpaired) electrons. The van der Waals surface area contributed by atoms with Gasteiger partial charge >= 0.3 is 5.82 Å². The molecule has 0 aliphatic rings. The fraction of sp³-hybridized carbons (Fsp3) is 0.190. The molecule has 3 heterocycles. The van der Waals surface area contributed by atoms with E-state index in [2.05, 4.69) is 31.4 Å². The number of benzene rings is 1. The van der Waals surface area contributed by atoms with E-state index in [4.69, 9.17) is 16.0 Å². The lowest BCUT2D eigenvalue weighted by Crippen LogP contribution is -2.12. The SMILES string of the molecule is Cc1nn(Cc2cccc(Cl)c2)c(C)c1NC(=O)c1ccc(Cn2cc(Br)c([N+](=O)[O-])n2)o1. The fourth-order valence-corrected chi connectivity index (χ4v) is 4.02. The first-order chi connectivity index (χ1) is 15.7. The van der Waals surface area contributed by atoms with E-state index in [1.165, 1.54) is 10.9 Å². The molecule has 4 rings (SSSR count). The van der Waals surface area contributed by atoms with E-state index in [1.807, 2.05) is 38.1 Å². The molecule has 10 nitrogen and oxygen atoms in total. The van der Waals surface area contributed by atoms with Gasteiger partial charge in [0.1, 0.15) is 16.8 Å². The average molecular weight is 534 g/mol. The van der Waals surface area contributed by atoms with Crippen molar-refractivity contribution in [3.63, 3.8) is 0 Å². The van der Waals surface area contributed by atoms with Crippen LogP contribution in [0.15, 0.2) is 51.5 Å². The van der Waals surface area contributed by atoms with Crippen molar-refractivity contribution in [2.45, 2.75) is 26.9 Å². The highest BCUT2D eigenvalue weighted by molar-refractivity contribution is 9.10. The zero-order valence-electron chi connectivity index (χ0n) is 17.6. The molecule has 3 aromatic heterocycles. The number of aromatic nitrogens is 4. The number of amides is 1. The average Bonchev–Trinajstić information content (AvgIpc) is 3.43. The first-order valence-corrected chi connectivity index (χ1v) is 10.9. The van der Waals surface area contributed by atoms with Gasteiger partial charge in [0, 0.05) is 5.02 Å². The van der Waals surface area contributed by atoms with Crippen LogP contribution in [0.2, 0.25) is 5.02 Å². The Balaban J connectivity index is 1.47. The maximum Gasteiger partial charge on any atom is 0.404 e. The minimum absolute atomic E-state index is 0.104. The fourth-order valence-electron chi connectivity index (χ4n) is 3.35. The monoisotopic (exact) mass is 532 g/mol. The van der Waals surface area contributed by atoms with Gasteiger partial charge in [-0.05, 0) is 64.5 Å². The zero-order chi connectivity index (χ0) is 23.7. The second kappa shape index (κ2) is 9.20. The maximum absolute atomic E-state index is 12.8. The van der Waals surface area contributed by atoms with Gasteiger partial charge in [0.25, 0.3) is 5.91 Å². The molecule has 0 aliphatic heterocycles. The van der Waals surface area contributed by atoms with Crippen molar-refractivity contribution in [2.24, 2.45) is 0 Å². The third-order valence-corrected chi connectivity index (χ3v) is 5.71. The van der Waals surface area contributed by atoms with Crippen molar-refractivity contribution in [3.05, 3.63) is 90.7 Å². The first-order valence-electron chi connectivity index (χ1n) is 9.77. The highest BCUT2D eigenvalue weighted by Gasteiger charge is 2.21. The number of nitro groups is 1. The summed E-state index contributed by atoms with van der Waals surface area (Å²) in [7, 11) is 0. The van der Waals surface area contributed by atoms with E-state index in [9.17, 15) is 14.9 Å². The Morgan fingerprint density at radius 2 is 2.03 bits per heavy atom. The van der Waals surface area contributed by atoms with E-state index in [0.717, 1.165) is 11.3 Å². The lowest BCUT2D eigenvalue weighted by atomic mass is 10.2. The summed E-state index contributed by atoms with van der Waals surface area (Å²) in [5.41, 5.74) is 3.06. The Hall–Kier alpha value is -3.44. The number of halogens is 2. The van der Waals surface area contributed by atoms with Crippen LogP contribution in [0.25, 0.3) is 0 Å². The summed E-state index contributed by atoms with van der Waals surface area (Å²) in [6, 6.07) is 10.7. The number of carbonyl (C=O) groups excluding carboxylic acids is 1. The third kappa shape index (κ3) is 4.99. The molecule has 4 aromatic rings. The number of aryl methyl sites for hydroxylation is 1. The number of hydrogen-bond acceptors (Lipinski definition) is 6. The molecular weight excluding hydrogens is 516 g/mol. The van der Waals surface area contributed by atoms with Crippen LogP contribution in [0, 0.1) is 24.0 Å². The number of carbonyl (C=O) groups is 1. The third-order valence-electron chi connectivity index (χ3n) is 4.92. The molecule has 1 N–H and O–H groups in total. The Bertz CT molecular complexity index is 1360. The Morgan fingerprint density at radius 3 is 2.73 bits per heavy atom. The van der Waals surface area contributed by atoms with Crippen LogP contribution in [0.4, 0.5) is 11.5 Å². The predicted molar refractivity (Wildman–Crippen MR) is 125 cm³/mol. The maximum atomic E-state index is 12.8. The smallest absolute Gasteiger partial charge is 0.404 e. The molecule has 1 amide bonds. The van der Waals surface area contributed by atoms with Crippen LogP contribution in [0.3, 0.4) is 0 Å². The van der Waals surface area contributed by atoms with E-state index >= 15 is 0 Å². The molecule has 0 saturated carbocycles. The number of nitrogens with one attached hydrogen (secondary N) is 1. The second-order valence-electron chi connectivity index (χ2n) is 7.31. The Labute approximate surface area is 201 Å². The Morgan fingerprint density at radius 1 is 1.24 bits per heavy atom. The van der Waals surface area contributed by atoms with Gasteiger partial charge in [-0.15, -0.1) is 0 Å². The molecule has 0 spiro atoms. The normalized spacial score (nSPS) is 11.0. The standard InChI is InChI=1S/C21H18BrClN6O4/c1-12-19(13(2)28(25-12)9-14-4-3-5-15(23)8-14)24-21(30)18-7-6-16(33-18)10-27-11-17(22)20(26-27)29(31)32/h3-8,11H,9-10H2,1-2H3,(H,24,30). The summed E-state index contributed by atoms with van der Waals surface area (Å²) in [5, 5.41) is 22.8. The highest BCUT2D eigenvalue weighted by Crippen LogP contribution is 2.24. The van der Waals surface area contributed by atoms with Gasteiger partial charge in [-0.25, -0.2) is 0 Å². The summed E-state index contributed by atoms with van der Waals surface area (Å²) in [6.07, 6.45) is 1.47. The summed E-state index contributed by atoms with van der Waals surface area (Å²) in [4.78, 5) is 23.1. The number of nitrogens with zero attached hydrogens (tertiary/aromatic N) is 5. The van der Waals surface area contributed by atoms with Gasteiger partial charge in [-0.2, -0.15) is 9.78 Å². The van der Waals surface area contributed by atoms with Gasteiger partial charge in [-0.1, -0.05) is 23.7 Å². The Kier molecular flexibility index (Phi) is 6.34. The zero-order valence-corrected chi connectivity index (χ0v) is 19.9.